The first-order chi connectivity index (χ1) is 4.72. The van der Waals surface area contributed by atoms with Crippen LogP contribution in [0.15, 0.2) is 0 Å². The van der Waals surface area contributed by atoms with Gasteiger partial charge in [-0.2, -0.15) is 0 Å². The number of hydrogen-bond acceptors (Lipinski definition) is 2. The van der Waals surface area contributed by atoms with Gasteiger partial charge in [0.05, 0.1) is 0 Å². The lowest BCUT2D eigenvalue weighted by molar-refractivity contribution is -0.142. The van der Waals surface area contributed by atoms with Crippen LogP contribution in [-0.2, 0) is 4.79 Å². The summed E-state index contributed by atoms with van der Waals surface area (Å²) in [7, 11) is 0. The molecule has 1 heterocycles. The van der Waals surface area contributed by atoms with Crippen LogP contribution in [-0.4, -0.2) is 28.7 Å². The molecule has 1 aliphatic heterocycles. The molecule has 1 unspecified atom stereocenters. The maximum absolute atomic E-state index is 11.0. The molecule has 3 heteroatoms. The number of hydrogen-bond donors (Lipinski definition) is 1. The van der Waals surface area contributed by atoms with Crippen molar-refractivity contribution in [3.63, 3.8) is 0 Å². The van der Waals surface area contributed by atoms with Crippen LogP contribution < -0.4 is 0 Å². The summed E-state index contributed by atoms with van der Waals surface area (Å²) in [6.45, 7) is 2.35. The molecule has 3 nitrogen and oxygen atoms in total. The van der Waals surface area contributed by atoms with Crippen LogP contribution in [0.1, 0.15) is 26.2 Å². The molecule has 58 valence electrons. The van der Waals surface area contributed by atoms with E-state index in [9.17, 15) is 4.79 Å². The van der Waals surface area contributed by atoms with Crippen molar-refractivity contribution in [1.29, 1.82) is 0 Å². The highest BCUT2D eigenvalue weighted by atomic mass is 16.3. The monoisotopic (exact) mass is 143 g/mol. The molecule has 0 aliphatic carbocycles. The van der Waals surface area contributed by atoms with Gasteiger partial charge in [0, 0.05) is 13.0 Å². The van der Waals surface area contributed by atoms with Gasteiger partial charge < -0.3 is 10.0 Å². The van der Waals surface area contributed by atoms with Gasteiger partial charge in [-0.05, 0) is 19.8 Å². The molecule has 0 bridgehead atoms. The second-order valence-electron chi connectivity index (χ2n) is 2.68. The van der Waals surface area contributed by atoms with Crippen molar-refractivity contribution < 1.29 is 9.90 Å². The molecule has 10 heavy (non-hydrogen) atoms. The summed E-state index contributed by atoms with van der Waals surface area (Å²) in [5, 5.41) is 9.05. The van der Waals surface area contributed by atoms with E-state index in [0.29, 0.717) is 6.42 Å². The average molecular weight is 143 g/mol. The summed E-state index contributed by atoms with van der Waals surface area (Å²) in [6, 6.07) is 0. The Balaban J connectivity index is 2.48. The SMILES string of the molecule is CC(O)N1CCCCC1=O. The van der Waals surface area contributed by atoms with E-state index >= 15 is 0 Å². The molecule has 0 radical (unpaired) electrons. The third-order valence-electron chi connectivity index (χ3n) is 1.81. The fraction of sp³-hybridized carbons (Fsp3) is 0.857. The molecule has 0 spiro atoms. The van der Waals surface area contributed by atoms with E-state index in [2.05, 4.69) is 0 Å². The Hall–Kier alpha value is -0.570. The van der Waals surface area contributed by atoms with E-state index in [1.807, 2.05) is 0 Å². The second-order valence-corrected chi connectivity index (χ2v) is 2.68. The third kappa shape index (κ3) is 1.48. The summed E-state index contributed by atoms with van der Waals surface area (Å²) in [5.74, 6) is 0.0845. The van der Waals surface area contributed by atoms with Crippen molar-refractivity contribution in [1.82, 2.24) is 4.90 Å². The number of aliphatic hydroxyl groups is 1. The van der Waals surface area contributed by atoms with E-state index in [-0.39, 0.29) is 5.91 Å². The van der Waals surface area contributed by atoms with Gasteiger partial charge in [0.2, 0.25) is 5.91 Å². The summed E-state index contributed by atoms with van der Waals surface area (Å²) in [5.41, 5.74) is 0. The molecule has 1 fully saturated rings. The number of aliphatic hydroxyl groups excluding tert-OH is 1. The predicted molar refractivity (Wildman–Crippen MR) is 37.2 cm³/mol. The molecule has 0 aromatic heterocycles. The first-order valence-corrected chi connectivity index (χ1v) is 3.69. The summed E-state index contributed by atoms with van der Waals surface area (Å²) >= 11 is 0. The van der Waals surface area contributed by atoms with Gasteiger partial charge in [-0.15, -0.1) is 0 Å². The topological polar surface area (TPSA) is 40.5 Å². The van der Waals surface area contributed by atoms with Crippen LogP contribution in [0, 0.1) is 0 Å². The normalized spacial score (nSPS) is 23.0. The quantitative estimate of drug-likeness (QED) is 0.575. The Morgan fingerprint density at radius 2 is 2.30 bits per heavy atom. The Kier molecular flexibility index (Phi) is 2.27. The van der Waals surface area contributed by atoms with E-state index in [0.717, 1.165) is 19.4 Å². The van der Waals surface area contributed by atoms with Crippen LogP contribution in [0.5, 0.6) is 0 Å². The van der Waals surface area contributed by atoms with Crippen molar-refractivity contribution in [2.75, 3.05) is 6.54 Å². The van der Waals surface area contributed by atoms with Crippen LogP contribution in [0.4, 0.5) is 0 Å². The molecule has 0 saturated carbocycles. The van der Waals surface area contributed by atoms with Crippen LogP contribution >= 0.6 is 0 Å². The lowest BCUT2D eigenvalue weighted by Crippen LogP contribution is -2.41. The molecule has 0 aromatic rings. The Labute approximate surface area is 60.6 Å². The van der Waals surface area contributed by atoms with Crippen LogP contribution in [0.3, 0.4) is 0 Å². The number of piperidine rings is 1. The largest absolute Gasteiger partial charge is 0.374 e. The summed E-state index contributed by atoms with van der Waals surface area (Å²) < 4.78 is 0. The van der Waals surface area contributed by atoms with Gasteiger partial charge in [0.1, 0.15) is 6.23 Å². The van der Waals surface area contributed by atoms with Crippen LogP contribution in [0.2, 0.25) is 0 Å². The van der Waals surface area contributed by atoms with Gasteiger partial charge in [-0.1, -0.05) is 0 Å². The maximum Gasteiger partial charge on any atom is 0.224 e. The smallest absolute Gasteiger partial charge is 0.224 e. The molecule has 1 amide bonds. The summed E-state index contributed by atoms with van der Waals surface area (Å²) in [6.07, 6.45) is 2.00. The zero-order valence-electron chi connectivity index (χ0n) is 6.21. The highest BCUT2D eigenvalue weighted by Gasteiger charge is 2.20. The Morgan fingerprint density at radius 1 is 1.60 bits per heavy atom. The van der Waals surface area contributed by atoms with E-state index in [4.69, 9.17) is 5.11 Å². The molecule has 1 atom stereocenters. The number of likely N-dealkylation sites (tertiary alicyclic amines) is 1. The predicted octanol–water partition coefficient (Wildman–Crippen LogP) is 0.337. The zero-order chi connectivity index (χ0) is 7.56. The number of nitrogens with zero attached hydrogens (tertiary/aromatic N) is 1. The minimum absolute atomic E-state index is 0.0845. The fourth-order valence-corrected chi connectivity index (χ4v) is 1.22. The Bertz CT molecular complexity index is 134. The number of amides is 1. The molecule has 1 aliphatic rings. The third-order valence-corrected chi connectivity index (χ3v) is 1.81. The van der Waals surface area contributed by atoms with Gasteiger partial charge in [0.15, 0.2) is 0 Å². The summed E-state index contributed by atoms with van der Waals surface area (Å²) in [4.78, 5) is 12.5. The maximum atomic E-state index is 11.0. The van der Waals surface area contributed by atoms with Crippen molar-refractivity contribution in [2.45, 2.75) is 32.4 Å². The van der Waals surface area contributed by atoms with E-state index < -0.39 is 6.23 Å². The number of carbonyl (C=O) groups is 1. The first kappa shape index (κ1) is 7.54. The molecule has 1 saturated heterocycles. The molecular weight excluding hydrogens is 130 g/mol. The van der Waals surface area contributed by atoms with E-state index in [1.165, 1.54) is 4.90 Å². The van der Waals surface area contributed by atoms with Crippen molar-refractivity contribution in [3.05, 3.63) is 0 Å². The Morgan fingerprint density at radius 3 is 2.70 bits per heavy atom. The lowest BCUT2D eigenvalue weighted by Gasteiger charge is -2.28. The van der Waals surface area contributed by atoms with Gasteiger partial charge >= 0.3 is 0 Å². The number of rotatable bonds is 1. The molecule has 0 aromatic carbocycles. The fourth-order valence-electron chi connectivity index (χ4n) is 1.22. The highest BCUT2D eigenvalue weighted by molar-refractivity contribution is 5.76. The van der Waals surface area contributed by atoms with Crippen molar-refractivity contribution in [2.24, 2.45) is 0 Å². The van der Waals surface area contributed by atoms with Gasteiger partial charge in [0.25, 0.3) is 0 Å². The van der Waals surface area contributed by atoms with Crippen molar-refractivity contribution in [3.8, 4) is 0 Å². The van der Waals surface area contributed by atoms with Gasteiger partial charge in [-0.3, -0.25) is 4.79 Å². The molecule has 1 N–H and O–H groups in total. The number of carbonyl (C=O) groups excluding carboxylic acids is 1. The highest BCUT2D eigenvalue weighted by Crippen LogP contribution is 2.11. The standard InChI is InChI=1S/C7H13NO2/c1-6(9)8-5-3-2-4-7(8)10/h6,9H,2-5H2,1H3. The molecule has 1 rings (SSSR count). The van der Waals surface area contributed by atoms with Gasteiger partial charge in [-0.25, -0.2) is 0 Å². The minimum atomic E-state index is -0.604. The van der Waals surface area contributed by atoms with E-state index in [1.54, 1.807) is 6.92 Å². The minimum Gasteiger partial charge on any atom is -0.374 e. The second kappa shape index (κ2) is 3.01. The van der Waals surface area contributed by atoms with Crippen LogP contribution in [0.25, 0.3) is 0 Å². The average Bonchev–Trinajstić information content (AvgIpc) is 1.88. The first-order valence-electron chi connectivity index (χ1n) is 3.69. The molecular formula is C7H13NO2. The van der Waals surface area contributed by atoms with Crippen molar-refractivity contribution >= 4 is 5.91 Å². The lowest BCUT2D eigenvalue weighted by atomic mass is 10.1. The zero-order valence-corrected chi connectivity index (χ0v) is 6.21.